The molecule has 0 radical (unpaired) electrons. The van der Waals surface area contributed by atoms with Gasteiger partial charge in [0.1, 0.15) is 6.04 Å². The summed E-state index contributed by atoms with van der Waals surface area (Å²) in [4.78, 5) is 24.2. The number of amides is 2. The number of aliphatic carboxylic acids is 1. The maximum atomic E-state index is 11.9. The minimum atomic E-state index is -0.951. The maximum absolute atomic E-state index is 11.9. The van der Waals surface area contributed by atoms with Gasteiger partial charge < -0.3 is 15.3 Å². The van der Waals surface area contributed by atoms with Gasteiger partial charge in [-0.2, -0.15) is 0 Å². The van der Waals surface area contributed by atoms with Crippen LogP contribution in [0.25, 0.3) is 0 Å². The number of nitrogens with zero attached hydrogens (tertiary/aromatic N) is 1. The lowest BCUT2D eigenvalue weighted by atomic mass is 9.87. The van der Waals surface area contributed by atoms with Gasteiger partial charge in [0.15, 0.2) is 0 Å². The smallest absolute Gasteiger partial charge is 0.326 e. The highest BCUT2D eigenvalue weighted by Crippen LogP contribution is 2.23. The van der Waals surface area contributed by atoms with Crippen LogP contribution in [0.4, 0.5) is 4.79 Å². The summed E-state index contributed by atoms with van der Waals surface area (Å²) in [6.45, 7) is 3.99. The summed E-state index contributed by atoms with van der Waals surface area (Å²) in [5.41, 5.74) is 0. The second-order valence-corrected chi connectivity index (χ2v) is 5.28. The molecule has 1 rings (SSSR count). The van der Waals surface area contributed by atoms with Crippen molar-refractivity contribution in [3.63, 3.8) is 0 Å². The van der Waals surface area contributed by atoms with Crippen molar-refractivity contribution < 1.29 is 14.7 Å². The summed E-state index contributed by atoms with van der Waals surface area (Å²) in [7, 11) is 1.54. The van der Waals surface area contributed by atoms with Crippen LogP contribution in [-0.2, 0) is 4.79 Å². The molecule has 0 aliphatic heterocycles. The minimum absolute atomic E-state index is 0.197. The molecule has 0 heterocycles. The van der Waals surface area contributed by atoms with Crippen molar-refractivity contribution in [1.82, 2.24) is 10.2 Å². The lowest BCUT2D eigenvalue weighted by Crippen LogP contribution is -2.50. The van der Waals surface area contributed by atoms with Crippen LogP contribution in [0.2, 0.25) is 0 Å². The SMILES string of the molecule is CCC(C(=O)O)N(C)C(=O)NC1CCC(C)CC1. The molecule has 1 aliphatic rings. The Morgan fingerprint density at radius 3 is 2.33 bits per heavy atom. The van der Waals surface area contributed by atoms with E-state index in [0.717, 1.165) is 31.6 Å². The molecule has 1 saturated carbocycles. The predicted molar refractivity (Wildman–Crippen MR) is 69.4 cm³/mol. The highest BCUT2D eigenvalue weighted by atomic mass is 16.4. The lowest BCUT2D eigenvalue weighted by Gasteiger charge is -2.30. The van der Waals surface area contributed by atoms with Gasteiger partial charge in [0.2, 0.25) is 0 Å². The van der Waals surface area contributed by atoms with Crippen molar-refractivity contribution in [2.45, 2.75) is 58.0 Å². The Morgan fingerprint density at radius 2 is 1.89 bits per heavy atom. The first-order valence-electron chi connectivity index (χ1n) is 6.71. The highest BCUT2D eigenvalue weighted by Gasteiger charge is 2.27. The van der Waals surface area contributed by atoms with E-state index in [2.05, 4.69) is 12.2 Å². The first kappa shape index (κ1) is 14.8. The third kappa shape index (κ3) is 3.89. The van der Waals surface area contributed by atoms with E-state index < -0.39 is 12.0 Å². The normalized spacial score (nSPS) is 25.3. The Morgan fingerprint density at radius 1 is 1.33 bits per heavy atom. The van der Waals surface area contributed by atoms with Gasteiger partial charge in [-0.15, -0.1) is 0 Å². The third-order valence-corrected chi connectivity index (χ3v) is 3.80. The van der Waals surface area contributed by atoms with E-state index in [9.17, 15) is 9.59 Å². The van der Waals surface area contributed by atoms with Crippen LogP contribution < -0.4 is 5.32 Å². The number of hydrogen-bond donors (Lipinski definition) is 2. The number of likely N-dealkylation sites (N-methyl/N-ethyl adjacent to an activating group) is 1. The van der Waals surface area contributed by atoms with Gasteiger partial charge in [0, 0.05) is 13.1 Å². The average molecular weight is 256 g/mol. The number of hydrogen-bond acceptors (Lipinski definition) is 2. The quantitative estimate of drug-likeness (QED) is 0.809. The number of nitrogens with one attached hydrogen (secondary N) is 1. The number of rotatable bonds is 4. The molecule has 1 atom stereocenters. The van der Waals surface area contributed by atoms with Crippen molar-refractivity contribution in [1.29, 1.82) is 0 Å². The molecule has 0 aromatic heterocycles. The molecule has 0 bridgehead atoms. The number of carboxylic acid groups (broad SMARTS) is 1. The topological polar surface area (TPSA) is 69.6 Å². The molecular formula is C13H24N2O3. The molecule has 1 aliphatic carbocycles. The first-order chi connectivity index (χ1) is 8.45. The van der Waals surface area contributed by atoms with Crippen molar-refractivity contribution >= 4 is 12.0 Å². The van der Waals surface area contributed by atoms with Crippen LogP contribution in [-0.4, -0.2) is 41.1 Å². The van der Waals surface area contributed by atoms with E-state index >= 15 is 0 Å². The van der Waals surface area contributed by atoms with Crippen LogP contribution >= 0.6 is 0 Å². The van der Waals surface area contributed by atoms with E-state index in [0.29, 0.717) is 6.42 Å². The minimum Gasteiger partial charge on any atom is -0.480 e. The summed E-state index contributed by atoms with van der Waals surface area (Å²) in [5.74, 6) is -0.217. The molecule has 2 amide bonds. The summed E-state index contributed by atoms with van der Waals surface area (Å²) in [6, 6.07) is -0.821. The summed E-state index contributed by atoms with van der Waals surface area (Å²) < 4.78 is 0. The van der Waals surface area contributed by atoms with Gasteiger partial charge in [-0.25, -0.2) is 9.59 Å². The molecule has 5 nitrogen and oxygen atoms in total. The summed E-state index contributed by atoms with van der Waals surface area (Å²) >= 11 is 0. The van der Waals surface area contributed by atoms with Gasteiger partial charge in [-0.3, -0.25) is 0 Å². The standard InChI is InChI=1S/C13H24N2O3/c1-4-11(12(16)17)15(3)13(18)14-10-7-5-9(2)6-8-10/h9-11H,4-8H2,1-3H3,(H,14,18)(H,16,17). The Balaban J connectivity index is 2.46. The van der Waals surface area contributed by atoms with Crippen molar-refractivity contribution in [2.24, 2.45) is 5.92 Å². The molecule has 0 aromatic carbocycles. The molecule has 18 heavy (non-hydrogen) atoms. The second-order valence-electron chi connectivity index (χ2n) is 5.28. The van der Waals surface area contributed by atoms with Crippen LogP contribution in [0.3, 0.4) is 0 Å². The second kappa shape index (κ2) is 6.61. The summed E-state index contributed by atoms with van der Waals surface area (Å²) in [5, 5.41) is 11.9. The van der Waals surface area contributed by atoms with Gasteiger partial charge in [0.25, 0.3) is 0 Å². The Hall–Kier alpha value is -1.26. The van der Waals surface area contributed by atoms with Gasteiger partial charge in [-0.1, -0.05) is 13.8 Å². The number of carbonyl (C=O) groups is 2. The molecule has 0 aromatic rings. The number of carbonyl (C=O) groups excluding carboxylic acids is 1. The Labute approximate surface area is 109 Å². The number of urea groups is 1. The molecule has 0 saturated heterocycles. The third-order valence-electron chi connectivity index (χ3n) is 3.80. The van der Waals surface area contributed by atoms with Crippen molar-refractivity contribution in [3.05, 3.63) is 0 Å². The lowest BCUT2D eigenvalue weighted by molar-refractivity contribution is -0.141. The molecule has 0 spiro atoms. The van der Waals surface area contributed by atoms with Crippen LogP contribution in [0.1, 0.15) is 46.0 Å². The fourth-order valence-electron chi connectivity index (χ4n) is 2.44. The molecular weight excluding hydrogens is 232 g/mol. The predicted octanol–water partition coefficient (Wildman–Crippen LogP) is 2.07. The zero-order valence-electron chi connectivity index (χ0n) is 11.5. The van der Waals surface area contributed by atoms with Gasteiger partial charge >= 0.3 is 12.0 Å². The largest absolute Gasteiger partial charge is 0.480 e. The maximum Gasteiger partial charge on any atom is 0.326 e. The average Bonchev–Trinajstić information content (AvgIpc) is 2.32. The summed E-state index contributed by atoms with van der Waals surface area (Å²) in [6.07, 6.45) is 4.66. The molecule has 1 fully saturated rings. The monoisotopic (exact) mass is 256 g/mol. The van der Waals surface area contributed by atoms with Crippen molar-refractivity contribution in [2.75, 3.05) is 7.05 Å². The van der Waals surface area contributed by atoms with Crippen LogP contribution in [0.5, 0.6) is 0 Å². The zero-order valence-corrected chi connectivity index (χ0v) is 11.5. The fraction of sp³-hybridized carbons (Fsp3) is 0.846. The first-order valence-corrected chi connectivity index (χ1v) is 6.71. The molecule has 104 valence electrons. The number of carboxylic acids is 1. The van der Waals surface area contributed by atoms with E-state index in [-0.39, 0.29) is 12.1 Å². The van der Waals surface area contributed by atoms with E-state index in [1.54, 1.807) is 14.0 Å². The van der Waals surface area contributed by atoms with E-state index in [1.165, 1.54) is 4.90 Å². The van der Waals surface area contributed by atoms with E-state index in [4.69, 9.17) is 5.11 Å². The highest BCUT2D eigenvalue weighted by molar-refractivity contribution is 5.82. The Bertz CT molecular complexity index is 299. The van der Waals surface area contributed by atoms with Gasteiger partial charge in [0.05, 0.1) is 0 Å². The Kier molecular flexibility index (Phi) is 5.44. The van der Waals surface area contributed by atoms with Crippen LogP contribution in [0, 0.1) is 5.92 Å². The zero-order chi connectivity index (χ0) is 13.7. The molecule has 1 unspecified atom stereocenters. The van der Waals surface area contributed by atoms with Gasteiger partial charge in [-0.05, 0) is 38.0 Å². The van der Waals surface area contributed by atoms with Crippen molar-refractivity contribution in [3.8, 4) is 0 Å². The fourth-order valence-corrected chi connectivity index (χ4v) is 2.44. The molecule has 5 heteroatoms. The van der Waals surface area contributed by atoms with Crippen LogP contribution in [0.15, 0.2) is 0 Å². The molecule has 2 N–H and O–H groups in total. The van der Waals surface area contributed by atoms with E-state index in [1.807, 2.05) is 0 Å².